The number of benzene rings is 1. The quantitative estimate of drug-likeness (QED) is 0.310. The Morgan fingerprint density at radius 1 is 0.778 bits per heavy atom. The van der Waals surface area contributed by atoms with Gasteiger partial charge in [0.25, 0.3) is 0 Å². The summed E-state index contributed by atoms with van der Waals surface area (Å²) < 4.78 is 15.6. The van der Waals surface area contributed by atoms with Crippen molar-refractivity contribution in [3.05, 3.63) is 29.8 Å². The lowest BCUT2D eigenvalue weighted by atomic mass is 10.1. The first kappa shape index (κ1) is 23.0. The number of unbranched alkanes of at least 4 members (excludes halogenated alkanes) is 6. The van der Waals surface area contributed by atoms with Crippen LogP contribution in [0, 0.1) is 0 Å². The van der Waals surface area contributed by atoms with Crippen LogP contribution in [0.2, 0.25) is 0 Å². The zero-order chi connectivity index (χ0) is 19.7. The van der Waals surface area contributed by atoms with Crippen molar-refractivity contribution >= 4 is 11.9 Å². The highest BCUT2D eigenvalue weighted by atomic mass is 16.5. The van der Waals surface area contributed by atoms with E-state index in [9.17, 15) is 9.59 Å². The lowest BCUT2D eigenvalue weighted by Crippen LogP contribution is -2.06. The molecule has 0 bridgehead atoms. The van der Waals surface area contributed by atoms with E-state index in [0.29, 0.717) is 19.4 Å². The van der Waals surface area contributed by atoms with Crippen molar-refractivity contribution in [1.29, 1.82) is 0 Å². The first-order valence-electron chi connectivity index (χ1n) is 10.1. The van der Waals surface area contributed by atoms with Gasteiger partial charge >= 0.3 is 11.9 Å². The SMILES string of the molecule is CCCCCCCOC(=O)CCCCCC(=O)OCc1ccc(OC)cc1. The molecule has 0 radical (unpaired) electrons. The van der Waals surface area contributed by atoms with Gasteiger partial charge in [0, 0.05) is 12.8 Å². The molecular weight excluding hydrogens is 344 g/mol. The third-order valence-electron chi connectivity index (χ3n) is 4.33. The first-order chi connectivity index (χ1) is 13.2. The fraction of sp³-hybridized carbons (Fsp3) is 0.636. The zero-order valence-corrected chi connectivity index (χ0v) is 16.8. The number of ether oxygens (including phenoxy) is 3. The molecule has 0 spiro atoms. The Morgan fingerprint density at radius 2 is 1.37 bits per heavy atom. The van der Waals surface area contributed by atoms with Gasteiger partial charge < -0.3 is 14.2 Å². The van der Waals surface area contributed by atoms with Gasteiger partial charge in [-0.3, -0.25) is 9.59 Å². The molecule has 0 heterocycles. The summed E-state index contributed by atoms with van der Waals surface area (Å²) in [7, 11) is 1.61. The third-order valence-corrected chi connectivity index (χ3v) is 4.33. The van der Waals surface area contributed by atoms with Crippen LogP contribution in [0.3, 0.4) is 0 Å². The van der Waals surface area contributed by atoms with Crippen molar-refractivity contribution < 1.29 is 23.8 Å². The minimum Gasteiger partial charge on any atom is -0.497 e. The smallest absolute Gasteiger partial charge is 0.306 e. The van der Waals surface area contributed by atoms with Crippen molar-refractivity contribution in [3.8, 4) is 5.75 Å². The fourth-order valence-electron chi connectivity index (χ4n) is 2.64. The Balaban J connectivity index is 1.97. The maximum atomic E-state index is 11.7. The van der Waals surface area contributed by atoms with Crippen LogP contribution < -0.4 is 4.74 Å². The molecule has 152 valence electrons. The lowest BCUT2D eigenvalue weighted by Gasteiger charge is -2.06. The Labute approximate surface area is 163 Å². The molecule has 0 aliphatic heterocycles. The molecule has 0 unspecified atom stereocenters. The second-order valence-corrected chi connectivity index (χ2v) is 6.70. The fourth-order valence-corrected chi connectivity index (χ4v) is 2.64. The maximum absolute atomic E-state index is 11.7. The first-order valence-corrected chi connectivity index (χ1v) is 10.1. The van der Waals surface area contributed by atoms with Gasteiger partial charge in [0.05, 0.1) is 13.7 Å². The summed E-state index contributed by atoms with van der Waals surface area (Å²) in [4.78, 5) is 23.4. The average molecular weight is 379 g/mol. The predicted octanol–water partition coefficient (Wildman–Crippen LogP) is 5.20. The van der Waals surface area contributed by atoms with Gasteiger partial charge in [0.15, 0.2) is 0 Å². The van der Waals surface area contributed by atoms with Crippen LogP contribution in [-0.2, 0) is 25.7 Å². The predicted molar refractivity (Wildman–Crippen MR) is 106 cm³/mol. The highest BCUT2D eigenvalue weighted by Crippen LogP contribution is 2.13. The summed E-state index contributed by atoms with van der Waals surface area (Å²) in [5, 5.41) is 0. The molecule has 1 aromatic carbocycles. The number of carbonyl (C=O) groups is 2. The summed E-state index contributed by atoms with van der Waals surface area (Å²) in [6, 6.07) is 7.43. The summed E-state index contributed by atoms with van der Waals surface area (Å²) in [5.41, 5.74) is 0.932. The molecule has 0 saturated heterocycles. The minimum absolute atomic E-state index is 0.132. The molecule has 0 fully saturated rings. The number of esters is 2. The molecule has 0 saturated carbocycles. The van der Waals surface area contributed by atoms with E-state index in [0.717, 1.165) is 43.4 Å². The molecule has 0 aromatic heterocycles. The van der Waals surface area contributed by atoms with Crippen LogP contribution in [0.5, 0.6) is 5.75 Å². The van der Waals surface area contributed by atoms with Crippen molar-refractivity contribution in [2.24, 2.45) is 0 Å². The van der Waals surface area contributed by atoms with Gasteiger partial charge in [-0.25, -0.2) is 0 Å². The molecule has 0 atom stereocenters. The molecule has 5 heteroatoms. The van der Waals surface area contributed by atoms with E-state index in [1.165, 1.54) is 19.3 Å². The van der Waals surface area contributed by atoms with E-state index in [1.807, 2.05) is 24.3 Å². The number of hydrogen-bond acceptors (Lipinski definition) is 5. The second-order valence-electron chi connectivity index (χ2n) is 6.70. The number of carbonyl (C=O) groups excluding carboxylic acids is 2. The number of rotatable bonds is 15. The molecule has 1 rings (SSSR count). The lowest BCUT2D eigenvalue weighted by molar-refractivity contribution is -0.145. The van der Waals surface area contributed by atoms with E-state index in [2.05, 4.69) is 6.92 Å². The Morgan fingerprint density at radius 3 is 2.00 bits per heavy atom. The Bertz CT molecular complexity index is 524. The molecule has 0 N–H and O–H groups in total. The maximum Gasteiger partial charge on any atom is 0.306 e. The van der Waals surface area contributed by atoms with Gasteiger partial charge in [-0.15, -0.1) is 0 Å². The van der Waals surface area contributed by atoms with Gasteiger partial charge in [-0.05, 0) is 37.0 Å². The van der Waals surface area contributed by atoms with Crippen LogP contribution in [0.25, 0.3) is 0 Å². The van der Waals surface area contributed by atoms with E-state index >= 15 is 0 Å². The third kappa shape index (κ3) is 12.1. The van der Waals surface area contributed by atoms with Crippen molar-refractivity contribution in [2.75, 3.05) is 13.7 Å². The molecule has 0 aliphatic carbocycles. The molecule has 0 amide bonds. The summed E-state index contributed by atoms with van der Waals surface area (Å²) in [6.45, 7) is 2.98. The summed E-state index contributed by atoms with van der Waals surface area (Å²) >= 11 is 0. The minimum atomic E-state index is -0.208. The van der Waals surface area contributed by atoms with E-state index in [4.69, 9.17) is 14.2 Å². The second kappa shape index (κ2) is 15.1. The highest BCUT2D eigenvalue weighted by molar-refractivity contribution is 5.69. The summed E-state index contributed by atoms with van der Waals surface area (Å²) in [6.07, 6.45) is 8.85. The van der Waals surface area contributed by atoms with Crippen molar-refractivity contribution in [3.63, 3.8) is 0 Å². The number of methoxy groups -OCH3 is 1. The zero-order valence-electron chi connectivity index (χ0n) is 16.8. The molecule has 27 heavy (non-hydrogen) atoms. The van der Waals surface area contributed by atoms with E-state index < -0.39 is 0 Å². The number of hydrogen-bond donors (Lipinski definition) is 0. The van der Waals surface area contributed by atoms with Gasteiger partial charge in [0.2, 0.25) is 0 Å². The van der Waals surface area contributed by atoms with Crippen LogP contribution >= 0.6 is 0 Å². The van der Waals surface area contributed by atoms with Crippen LogP contribution in [0.1, 0.15) is 76.7 Å². The monoisotopic (exact) mass is 378 g/mol. The van der Waals surface area contributed by atoms with Crippen molar-refractivity contribution in [2.45, 2.75) is 77.7 Å². The molecule has 5 nitrogen and oxygen atoms in total. The summed E-state index contributed by atoms with van der Waals surface area (Å²) in [5.74, 6) is 0.438. The topological polar surface area (TPSA) is 61.8 Å². The standard InChI is InChI=1S/C22H34O5/c1-3-4-5-6-10-17-26-21(23)11-8-7-9-12-22(24)27-18-19-13-15-20(25-2)16-14-19/h13-16H,3-12,17-18H2,1-2H3. The molecule has 0 aliphatic rings. The van der Waals surface area contributed by atoms with Crippen LogP contribution in [-0.4, -0.2) is 25.7 Å². The van der Waals surface area contributed by atoms with E-state index in [1.54, 1.807) is 7.11 Å². The molecule has 1 aromatic rings. The average Bonchev–Trinajstić information content (AvgIpc) is 2.69. The van der Waals surface area contributed by atoms with Crippen molar-refractivity contribution in [1.82, 2.24) is 0 Å². The Kier molecular flexibility index (Phi) is 12.8. The van der Waals surface area contributed by atoms with Gasteiger partial charge in [-0.1, -0.05) is 51.2 Å². The van der Waals surface area contributed by atoms with Gasteiger partial charge in [-0.2, -0.15) is 0 Å². The van der Waals surface area contributed by atoms with Gasteiger partial charge in [0.1, 0.15) is 12.4 Å². The van der Waals surface area contributed by atoms with E-state index in [-0.39, 0.29) is 18.5 Å². The largest absolute Gasteiger partial charge is 0.497 e. The van der Waals surface area contributed by atoms with Crippen LogP contribution in [0.4, 0.5) is 0 Å². The molecular formula is C22H34O5. The highest BCUT2D eigenvalue weighted by Gasteiger charge is 2.06. The normalized spacial score (nSPS) is 10.4. The Hall–Kier alpha value is -2.04. The van der Waals surface area contributed by atoms with Crippen LogP contribution in [0.15, 0.2) is 24.3 Å².